The number of fused-ring (bicyclic) bond motifs is 1. The normalized spacial score (nSPS) is 13.4. The van der Waals surface area contributed by atoms with Crippen LogP contribution in [0, 0.1) is 0 Å². The van der Waals surface area contributed by atoms with Gasteiger partial charge in [-0.25, -0.2) is 0 Å². The third-order valence-corrected chi connectivity index (χ3v) is 2.81. The Morgan fingerprint density at radius 3 is 2.86 bits per heavy atom. The molecule has 0 spiro atoms. The first-order chi connectivity index (χ1) is 6.74. The lowest BCUT2D eigenvalue weighted by molar-refractivity contribution is 0.704. The molecular weight excluding hydrogens is 196 g/mol. The standard InChI is InChI=1S/C11H13ClN2/c1-2-8(13)10-7-5-3-4-6-9(7)14-11(10)12/h3-6,8,14H,2,13H2,1H3/t8-/m0/s1. The minimum absolute atomic E-state index is 0.0126. The number of rotatable bonds is 2. The van der Waals surface area contributed by atoms with Crippen molar-refractivity contribution in [2.24, 2.45) is 5.73 Å². The van der Waals surface area contributed by atoms with E-state index in [2.05, 4.69) is 11.9 Å². The summed E-state index contributed by atoms with van der Waals surface area (Å²) in [4.78, 5) is 3.13. The predicted molar refractivity (Wildman–Crippen MR) is 60.5 cm³/mol. The van der Waals surface area contributed by atoms with Gasteiger partial charge in [0.05, 0.1) is 0 Å². The zero-order valence-electron chi connectivity index (χ0n) is 8.05. The molecule has 74 valence electrons. The number of nitrogens with two attached hydrogens (primary N) is 1. The van der Waals surface area contributed by atoms with Crippen molar-refractivity contribution < 1.29 is 0 Å². The molecule has 0 amide bonds. The van der Waals surface area contributed by atoms with Gasteiger partial charge in [0.1, 0.15) is 5.15 Å². The number of H-pyrrole nitrogens is 1. The Labute approximate surface area is 88.1 Å². The first-order valence-corrected chi connectivity index (χ1v) is 5.13. The summed E-state index contributed by atoms with van der Waals surface area (Å²) in [6, 6.07) is 8.04. The lowest BCUT2D eigenvalue weighted by Gasteiger charge is -2.07. The van der Waals surface area contributed by atoms with E-state index in [4.69, 9.17) is 17.3 Å². The molecule has 0 saturated carbocycles. The number of hydrogen-bond acceptors (Lipinski definition) is 1. The van der Waals surface area contributed by atoms with Crippen LogP contribution in [0.5, 0.6) is 0 Å². The van der Waals surface area contributed by atoms with E-state index in [1.807, 2.05) is 24.3 Å². The van der Waals surface area contributed by atoms with Crippen LogP contribution in [-0.2, 0) is 0 Å². The molecule has 1 aromatic carbocycles. The van der Waals surface area contributed by atoms with Crippen molar-refractivity contribution in [3.8, 4) is 0 Å². The molecule has 0 aliphatic carbocycles. The summed E-state index contributed by atoms with van der Waals surface area (Å²) in [6.45, 7) is 2.06. The van der Waals surface area contributed by atoms with Crippen LogP contribution in [0.2, 0.25) is 5.15 Å². The van der Waals surface area contributed by atoms with Gasteiger partial charge in [-0.05, 0) is 12.5 Å². The molecule has 0 aliphatic heterocycles. The smallest absolute Gasteiger partial charge is 0.112 e. The topological polar surface area (TPSA) is 41.8 Å². The van der Waals surface area contributed by atoms with Crippen molar-refractivity contribution in [3.05, 3.63) is 35.0 Å². The van der Waals surface area contributed by atoms with E-state index in [1.165, 1.54) is 0 Å². The van der Waals surface area contributed by atoms with Gasteiger partial charge in [0.15, 0.2) is 0 Å². The highest BCUT2D eigenvalue weighted by Gasteiger charge is 2.14. The zero-order chi connectivity index (χ0) is 10.1. The van der Waals surface area contributed by atoms with Crippen LogP contribution < -0.4 is 5.73 Å². The lowest BCUT2D eigenvalue weighted by atomic mass is 10.0. The quantitative estimate of drug-likeness (QED) is 0.782. The van der Waals surface area contributed by atoms with Crippen molar-refractivity contribution >= 4 is 22.5 Å². The second kappa shape index (κ2) is 3.64. The highest BCUT2D eigenvalue weighted by atomic mass is 35.5. The van der Waals surface area contributed by atoms with Gasteiger partial charge >= 0.3 is 0 Å². The van der Waals surface area contributed by atoms with E-state index in [0.717, 1.165) is 22.9 Å². The van der Waals surface area contributed by atoms with E-state index < -0.39 is 0 Å². The van der Waals surface area contributed by atoms with Gasteiger partial charge < -0.3 is 10.7 Å². The van der Waals surface area contributed by atoms with Gasteiger partial charge in [-0.15, -0.1) is 0 Å². The molecular formula is C11H13ClN2. The first kappa shape index (κ1) is 9.56. The van der Waals surface area contributed by atoms with Crippen molar-refractivity contribution in [2.75, 3.05) is 0 Å². The van der Waals surface area contributed by atoms with Gasteiger partial charge in [-0.3, -0.25) is 0 Å². The van der Waals surface area contributed by atoms with Crippen LogP contribution in [0.25, 0.3) is 10.9 Å². The van der Waals surface area contributed by atoms with Crippen LogP contribution in [0.1, 0.15) is 24.9 Å². The molecule has 0 aliphatic rings. The average molecular weight is 209 g/mol. The number of hydrogen-bond donors (Lipinski definition) is 2. The molecule has 1 aromatic heterocycles. The molecule has 2 aromatic rings. The molecule has 1 atom stereocenters. The summed E-state index contributed by atoms with van der Waals surface area (Å²) in [5, 5.41) is 1.80. The van der Waals surface area contributed by atoms with Crippen molar-refractivity contribution in [2.45, 2.75) is 19.4 Å². The number of halogens is 1. The fraction of sp³-hybridized carbons (Fsp3) is 0.273. The summed E-state index contributed by atoms with van der Waals surface area (Å²) >= 11 is 6.11. The Kier molecular flexibility index (Phi) is 2.48. The molecule has 0 fully saturated rings. The van der Waals surface area contributed by atoms with Crippen molar-refractivity contribution in [1.29, 1.82) is 0 Å². The Morgan fingerprint density at radius 1 is 1.43 bits per heavy atom. The van der Waals surface area contributed by atoms with Crippen LogP contribution in [0.4, 0.5) is 0 Å². The van der Waals surface area contributed by atoms with Crippen molar-refractivity contribution in [3.63, 3.8) is 0 Å². The maximum atomic E-state index is 6.11. The zero-order valence-corrected chi connectivity index (χ0v) is 8.81. The van der Waals surface area contributed by atoms with Crippen molar-refractivity contribution in [1.82, 2.24) is 4.98 Å². The highest BCUT2D eigenvalue weighted by molar-refractivity contribution is 6.31. The highest BCUT2D eigenvalue weighted by Crippen LogP contribution is 2.31. The molecule has 3 heteroatoms. The van der Waals surface area contributed by atoms with Crippen LogP contribution >= 0.6 is 11.6 Å². The summed E-state index contributed by atoms with van der Waals surface area (Å²) in [5.74, 6) is 0. The molecule has 14 heavy (non-hydrogen) atoms. The SMILES string of the molecule is CC[C@H](N)c1c(Cl)[nH]c2ccccc12. The second-order valence-corrected chi connectivity index (χ2v) is 3.79. The van der Waals surface area contributed by atoms with Crippen LogP contribution in [0.3, 0.4) is 0 Å². The molecule has 0 bridgehead atoms. The summed E-state index contributed by atoms with van der Waals surface area (Å²) in [7, 11) is 0. The molecule has 0 saturated heterocycles. The monoisotopic (exact) mass is 208 g/mol. The van der Waals surface area contributed by atoms with Crippen LogP contribution in [0.15, 0.2) is 24.3 Å². The van der Waals surface area contributed by atoms with Gasteiger partial charge in [0, 0.05) is 22.5 Å². The third-order valence-electron chi connectivity index (χ3n) is 2.51. The fourth-order valence-corrected chi connectivity index (χ4v) is 2.04. The number of nitrogens with one attached hydrogen (secondary N) is 1. The lowest BCUT2D eigenvalue weighted by Crippen LogP contribution is -2.08. The summed E-state index contributed by atoms with van der Waals surface area (Å²) in [6.07, 6.45) is 0.890. The minimum atomic E-state index is 0.0126. The minimum Gasteiger partial charge on any atom is -0.345 e. The number of aromatic amines is 1. The Hall–Kier alpha value is -0.990. The Balaban J connectivity index is 2.67. The van der Waals surface area contributed by atoms with E-state index >= 15 is 0 Å². The van der Waals surface area contributed by atoms with Gasteiger partial charge in [-0.2, -0.15) is 0 Å². The molecule has 3 N–H and O–H groups in total. The van der Waals surface area contributed by atoms with Gasteiger partial charge in [-0.1, -0.05) is 36.7 Å². The van der Waals surface area contributed by atoms with E-state index in [-0.39, 0.29) is 6.04 Å². The number of aromatic nitrogens is 1. The Morgan fingerprint density at radius 2 is 2.14 bits per heavy atom. The molecule has 0 unspecified atom stereocenters. The van der Waals surface area contributed by atoms with Crippen LogP contribution in [-0.4, -0.2) is 4.98 Å². The third kappa shape index (κ3) is 1.41. The fourth-order valence-electron chi connectivity index (χ4n) is 1.70. The number of benzene rings is 1. The first-order valence-electron chi connectivity index (χ1n) is 4.75. The molecule has 1 heterocycles. The van der Waals surface area contributed by atoms with Gasteiger partial charge in [0.25, 0.3) is 0 Å². The van der Waals surface area contributed by atoms with E-state index in [9.17, 15) is 0 Å². The summed E-state index contributed by atoms with van der Waals surface area (Å²) < 4.78 is 0. The van der Waals surface area contributed by atoms with Gasteiger partial charge in [0.2, 0.25) is 0 Å². The second-order valence-electron chi connectivity index (χ2n) is 3.41. The molecule has 2 rings (SSSR count). The Bertz CT molecular complexity index is 447. The maximum Gasteiger partial charge on any atom is 0.112 e. The average Bonchev–Trinajstić information content (AvgIpc) is 2.53. The predicted octanol–water partition coefficient (Wildman–Crippen LogP) is 3.23. The maximum absolute atomic E-state index is 6.11. The molecule has 2 nitrogen and oxygen atoms in total. The largest absolute Gasteiger partial charge is 0.345 e. The summed E-state index contributed by atoms with van der Waals surface area (Å²) in [5.41, 5.74) is 8.09. The molecule has 0 radical (unpaired) electrons. The van der Waals surface area contributed by atoms with E-state index in [1.54, 1.807) is 0 Å². The van der Waals surface area contributed by atoms with E-state index in [0.29, 0.717) is 5.15 Å². The number of para-hydroxylation sites is 1.